The number of unbranched alkanes of at least 4 members (excludes halogenated alkanes) is 4. The fourth-order valence-electron chi connectivity index (χ4n) is 2.28. The first kappa shape index (κ1) is 49.9. The van der Waals surface area contributed by atoms with E-state index in [2.05, 4.69) is 20.9 Å². The van der Waals surface area contributed by atoms with Crippen LogP contribution in [0.25, 0.3) is 0 Å². The SMILES string of the molecule is Cl.Cl.Cl.Cl.Cl.Cl.NCCCNCCCCNC(=O)C(O)NC(=O)CCCCCCN=C(N)N. The molecule has 1 unspecified atom stereocenters. The number of aliphatic imine (C=N–C) groups is 1. The Morgan fingerprint density at radius 3 is 1.91 bits per heavy atom. The fraction of sp³-hybridized carbons (Fsp3) is 0.824. The first-order valence-electron chi connectivity index (χ1n) is 9.68. The van der Waals surface area contributed by atoms with Gasteiger partial charge in [0, 0.05) is 19.5 Å². The van der Waals surface area contributed by atoms with Crippen LogP contribution in [0.3, 0.4) is 0 Å². The molecule has 0 aliphatic rings. The summed E-state index contributed by atoms with van der Waals surface area (Å²) in [7, 11) is 0. The van der Waals surface area contributed by atoms with Crippen LogP contribution in [0.4, 0.5) is 0 Å². The van der Waals surface area contributed by atoms with E-state index in [-0.39, 0.29) is 92.7 Å². The Morgan fingerprint density at radius 1 is 0.788 bits per heavy atom. The van der Waals surface area contributed by atoms with Gasteiger partial charge in [-0.25, -0.2) is 0 Å². The van der Waals surface area contributed by atoms with Crippen molar-refractivity contribution in [1.29, 1.82) is 0 Å². The van der Waals surface area contributed by atoms with Gasteiger partial charge in [0.2, 0.25) is 12.1 Å². The van der Waals surface area contributed by atoms with Crippen molar-refractivity contribution in [1.82, 2.24) is 16.0 Å². The first-order valence-corrected chi connectivity index (χ1v) is 9.68. The molecule has 33 heavy (non-hydrogen) atoms. The van der Waals surface area contributed by atoms with Crippen molar-refractivity contribution in [2.75, 3.05) is 32.7 Å². The highest BCUT2D eigenvalue weighted by Crippen LogP contribution is 2.03. The Morgan fingerprint density at radius 2 is 1.33 bits per heavy atom. The molecule has 1 atom stereocenters. The summed E-state index contributed by atoms with van der Waals surface area (Å²) < 4.78 is 0. The van der Waals surface area contributed by atoms with Crippen LogP contribution < -0.4 is 33.2 Å². The van der Waals surface area contributed by atoms with Crippen molar-refractivity contribution in [2.24, 2.45) is 22.2 Å². The van der Waals surface area contributed by atoms with Gasteiger partial charge in [-0.1, -0.05) is 12.8 Å². The third-order valence-electron chi connectivity index (χ3n) is 3.79. The Labute approximate surface area is 234 Å². The van der Waals surface area contributed by atoms with Crippen molar-refractivity contribution in [2.45, 2.75) is 57.6 Å². The average molecular weight is 606 g/mol. The second-order valence-corrected chi connectivity index (χ2v) is 6.33. The monoisotopic (exact) mass is 603 g/mol. The van der Waals surface area contributed by atoms with E-state index in [0.29, 0.717) is 26.1 Å². The molecule has 0 aromatic rings. The number of halogens is 6. The number of hydrogen-bond donors (Lipinski definition) is 7. The highest BCUT2D eigenvalue weighted by atomic mass is 35.5. The third-order valence-corrected chi connectivity index (χ3v) is 3.79. The molecule has 0 aromatic carbocycles. The molecule has 0 heterocycles. The Hall–Kier alpha value is -0.170. The van der Waals surface area contributed by atoms with E-state index in [9.17, 15) is 14.7 Å². The number of nitrogens with one attached hydrogen (secondary N) is 3. The lowest BCUT2D eigenvalue weighted by atomic mass is 10.1. The lowest BCUT2D eigenvalue weighted by Gasteiger charge is -2.13. The molecule has 0 rings (SSSR count). The average Bonchev–Trinajstić information content (AvgIpc) is 2.62. The molecule has 2 amide bonds. The number of guanidine groups is 1. The summed E-state index contributed by atoms with van der Waals surface area (Å²) in [5, 5.41) is 17.9. The van der Waals surface area contributed by atoms with E-state index in [1.807, 2.05) is 0 Å². The number of carbonyl (C=O) groups is 2. The zero-order valence-electron chi connectivity index (χ0n) is 18.7. The third kappa shape index (κ3) is 36.6. The summed E-state index contributed by atoms with van der Waals surface area (Å²) in [6.45, 7) is 3.47. The quantitative estimate of drug-likeness (QED) is 0.0559. The molecule has 0 aliphatic carbocycles. The van der Waals surface area contributed by atoms with Gasteiger partial charge in [-0.3, -0.25) is 14.6 Å². The van der Waals surface area contributed by atoms with E-state index in [1.54, 1.807) is 0 Å². The van der Waals surface area contributed by atoms with Crippen molar-refractivity contribution >= 4 is 92.2 Å². The van der Waals surface area contributed by atoms with Crippen LogP contribution in [0.2, 0.25) is 0 Å². The molecule has 0 aromatic heterocycles. The molecule has 0 spiro atoms. The maximum atomic E-state index is 11.7. The number of amides is 2. The number of aliphatic hydroxyl groups is 1. The molecule has 10 nitrogen and oxygen atoms in total. The maximum absolute atomic E-state index is 11.7. The number of hydrogen-bond acceptors (Lipinski definition) is 6. The normalized spacial score (nSPS) is 9.52. The van der Waals surface area contributed by atoms with Gasteiger partial charge < -0.3 is 38.3 Å². The molecule has 0 radical (unpaired) electrons. The zero-order valence-corrected chi connectivity index (χ0v) is 23.6. The lowest BCUT2D eigenvalue weighted by molar-refractivity contribution is -0.136. The highest BCUT2D eigenvalue weighted by Gasteiger charge is 2.16. The summed E-state index contributed by atoms with van der Waals surface area (Å²) in [6.07, 6.45) is 4.71. The van der Waals surface area contributed by atoms with Crippen molar-refractivity contribution in [3.63, 3.8) is 0 Å². The number of rotatable bonds is 17. The molecule has 206 valence electrons. The van der Waals surface area contributed by atoms with E-state index in [0.717, 1.165) is 51.6 Å². The van der Waals surface area contributed by atoms with Crippen LogP contribution >= 0.6 is 74.4 Å². The van der Waals surface area contributed by atoms with Crippen LogP contribution in [-0.4, -0.2) is 61.8 Å². The van der Waals surface area contributed by atoms with Crippen molar-refractivity contribution in [3.8, 4) is 0 Å². The molecule has 0 fully saturated rings. The highest BCUT2D eigenvalue weighted by molar-refractivity contribution is 5.86. The van der Waals surface area contributed by atoms with Gasteiger partial charge >= 0.3 is 0 Å². The predicted molar refractivity (Wildman–Crippen MR) is 150 cm³/mol. The van der Waals surface area contributed by atoms with Gasteiger partial charge in [-0.2, -0.15) is 0 Å². The van der Waals surface area contributed by atoms with Crippen LogP contribution in [-0.2, 0) is 9.59 Å². The number of carbonyl (C=O) groups excluding carboxylic acids is 2. The Balaban J connectivity index is -0.000000225. The summed E-state index contributed by atoms with van der Waals surface area (Å²) in [4.78, 5) is 27.3. The van der Waals surface area contributed by atoms with Crippen LogP contribution in [0.15, 0.2) is 4.99 Å². The van der Waals surface area contributed by atoms with Crippen LogP contribution in [0.1, 0.15) is 51.4 Å². The molecular weight excluding hydrogens is 563 g/mol. The van der Waals surface area contributed by atoms with Gasteiger partial charge in [0.1, 0.15) is 0 Å². The molecule has 0 saturated carbocycles. The van der Waals surface area contributed by atoms with Crippen LogP contribution in [0.5, 0.6) is 0 Å². The van der Waals surface area contributed by atoms with Crippen molar-refractivity contribution < 1.29 is 14.7 Å². The largest absolute Gasteiger partial charge is 0.370 e. The first-order chi connectivity index (χ1) is 13.0. The number of aliphatic hydroxyl groups excluding tert-OH is 1. The maximum Gasteiger partial charge on any atom is 0.269 e. The lowest BCUT2D eigenvalue weighted by Crippen LogP contribution is -2.46. The minimum Gasteiger partial charge on any atom is -0.370 e. The van der Waals surface area contributed by atoms with Gasteiger partial charge in [-0.05, 0) is 51.7 Å². The minimum atomic E-state index is -1.51. The molecule has 0 saturated heterocycles. The second-order valence-electron chi connectivity index (χ2n) is 6.33. The smallest absolute Gasteiger partial charge is 0.269 e. The molecular formula is C17H43Cl6N7O3. The van der Waals surface area contributed by atoms with Crippen LogP contribution in [0, 0.1) is 0 Å². The summed E-state index contributed by atoms with van der Waals surface area (Å²) in [5.74, 6) is -0.844. The summed E-state index contributed by atoms with van der Waals surface area (Å²) >= 11 is 0. The van der Waals surface area contributed by atoms with Gasteiger partial charge in [0.25, 0.3) is 5.91 Å². The number of nitrogens with two attached hydrogens (primary N) is 3. The summed E-state index contributed by atoms with van der Waals surface area (Å²) in [5.41, 5.74) is 15.8. The van der Waals surface area contributed by atoms with E-state index >= 15 is 0 Å². The standard InChI is InChI=1S/C17H37N7O3.6ClH/c18-9-7-11-21-10-5-6-12-22-15(26)16(27)24-14(25)8-3-1-2-4-13-23-17(19)20;;;;;;/h16,21,27H,1-13,18H2,(H,22,26)(H,24,25)(H4,19,20,23);6*1H. The van der Waals surface area contributed by atoms with Gasteiger partial charge in [0.05, 0.1) is 0 Å². The molecule has 10 N–H and O–H groups in total. The Bertz CT molecular complexity index is 451. The topological polar surface area (TPSA) is 181 Å². The Kier molecular flexibility index (Phi) is 55.0. The van der Waals surface area contributed by atoms with Gasteiger partial charge in [-0.15, -0.1) is 74.4 Å². The fourth-order valence-corrected chi connectivity index (χ4v) is 2.28. The number of nitrogens with zero attached hydrogens (tertiary/aromatic N) is 1. The molecule has 0 bridgehead atoms. The molecule has 0 aliphatic heterocycles. The molecule has 16 heteroatoms. The predicted octanol–water partition coefficient (Wildman–Crippen LogP) is 1.01. The zero-order chi connectivity index (χ0) is 20.3. The summed E-state index contributed by atoms with van der Waals surface area (Å²) in [6, 6.07) is 0. The van der Waals surface area contributed by atoms with Gasteiger partial charge in [0.15, 0.2) is 5.96 Å². The van der Waals surface area contributed by atoms with E-state index in [1.165, 1.54) is 0 Å². The second kappa shape index (κ2) is 36.4. The van der Waals surface area contributed by atoms with E-state index < -0.39 is 12.1 Å². The van der Waals surface area contributed by atoms with E-state index in [4.69, 9.17) is 17.2 Å². The van der Waals surface area contributed by atoms with Crippen molar-refractivity contribution in [3.05, 3.63) is 0 Å². The minimum absolute atomic E-state index is 0.